The standard InChI is InChI=1S/C18H28ClN/c1-3-11-20-13-16-6-5-14(4-2)12-18(16)15-7-9-17(19)10-8-15/h7-10,14,16,18,20H,3-6,11-13H2,1-2H3. The Hall–Kier alpha value is -0.530. The lowest BCUT2D eigenvalue weighted by atomic mass is 9.70. The average Bonchev–Trinajstić information content (AvgIpc) is 2.48. The second-order valence-corrected chi connectivity index (χ2v) is 6.65. The van der Waals surface area contributed by atoms with Gasteiger partial charge >= 0.3 is 0 Å². The third-order valence-corrected chi connectivity index (χ3v) is 5.06. The molecule has 0 saturated heterocycles. The van der Waals surface area contributed by atoms with Gasteiger partial charge in [-0.05, 0) is 67.8 Å². The maximum absolute atomic E-state index is 6.03. The molecular weight excluding hydrogens is 266 g/mol. The molecule has 112 valence electrons. The molecule has 1 N–H and O–H groups in total. The van der Waals surface area contributed by atoms with Crippen LogP contribution in [-0.4, -0.2) is 13.1 Å². The summed E-state index contributed by atoms with van der Waals surface area (Å²) in [7, 11) is 0. The number of rotatable bonds is 6. The fourth-order valence-corrected chi connectivity index (χ4v) is 3.64. The van der Waals surface area contributed by atoms with Crippen LogP contribution in [0.15, 0.2) is 24.3 Å². The Kier molecular flexibility index (Phi) is 6.38. The number of hydrogen-bond acceptors (Lipinski definition) is 1. The largest absolute Gasteiger partial charge is 0.316 e. The molecule has 2 heteroatoms. The smallest absolute Gasteiger partial charge is 0.0406 e. The highest BCUT2D eigenvalue weighted by atomic mass is 35.5. The molecule has 3 atom stereocenters. The number of halogens is 1. The van der Waals surface area contributed by atoms with Gasteiger partial charge in [0.25, 0.3) is 0 Å². The molecule has 0 bridgehead atoms. The first-order valence-corrected chi connectivity index (χ1v) is 8.58. The van der Waals surface area contributed by atoms with Crippen LogP contribution in [0.5, 0.6) is 0 Å². The highest BCUT2D eigenvalue weighted by Crippen LogP contribution is 2.41. The second kappa shape index (κ2) is 8.05. The Morgan fingerprint density at radius 2 is 1.90 bits per heavy atom. The van der Waals surface area contributed by atoms with Crippen LogP contribution in [-0.2, 0) is 0 Å². The van der Waals surface area contributed by atoms with Crippen molar-refractivity contribution in [1.82, 2.24) is 5.32 Å². The van der Waals surface area contributed by atoms with Crippen LogP contribution in [0.3, 0.4) is 0 Å². The summed E-state index contributed by atoms with van der Waals surface area (Å²) in [6.07, 6.45) is 6.65. The Bertz CT molecular complexity index is 385. The van der Waals surface area contributed by atoms with Crippen molar-refractivity contribution in [1.29, 1.82) is 0 Å². The topological polar surface area (TPSA) is 12.0 Å². The lowest BCUT2D eigenvalue weighted by Gasteiger charge is -2.36. The van der Waals surface area contributed by atoms with Gasteiger partial charge in [-0.15, -0.1) is 0 Å². The van der Waals surface area contributed by atoms with E-state index >= 15 is 0 Å². The summed E-state index contributed by atoms with van der Waals surface area (Å²) < 4.78 is 0. The first-order chi connectivity index (χ1) is 9.74. The molecule has 0 heterocycles. The van der Waals surface area contributed by atoms with Crippen molar-refractivity contribution >= 4 is 11.6 Å². The molecule has 0 spiro atoms. The van der Waals surface area contributed by atoms with Crippen molar-refractivity contribution < 1.29 is 0 Å². The Labute approximate surface area is 129 Å². The minimum atomic E-state index is 0.704. The molecule has 1 aromatic rings. The molecule has 1 aliphatic carbocycles. The van der Waals surface area contributed by atoms with Crippen molar-refractivity contribution in [2.75, 3.05) is 13.1 Å². The van der Waals surface area contributed by atoms with E-state index in [9.17, 15) is 0 Å². The van der Waals surface area contributed by atoms with Crippen molar-refractivity contribution in [2.24, 2.45) is 11.8 Å². The lowest BCUT2D eigenvalue weighted by Crippen LogP contribution is -2.32. The van der Waals surface area contributed by atoms with Crippen LogP contribution in [0.2, 0.25) is 5.02 Å². The van der Waals surface area contributed by atoms with Crippen molar-refractivity contribution in [3.8, 4) is 0 Å². The van der Waals surface area contributed by atoms with Crippen LogP contribution < -0.4 is 5.32 Å². The third-order valence-electron chi connectivity index (χ3n) is 4.81. The predicted octanol–water partition coefficient (Wildman–Crippen LogP) is 5.25. The van der Waals surface area contributed by atoms with E-state index in [0.29, 0.717) is 5.92 Å². The minimum absolute atomic E-state index is 0.704. The van der Waals surface area contributed by atoms with E-state index in [-0.39, 0.29) is 0 Å². The molecule has 20 heavy (non-hydrogen) atoms. The van der Waals surface area contributed by atoms with Gasteiger partial charge in [0.15, 0.2) is 0 Å². The molecule has 0 radical (unpaired) electrons. The summed E-state index contributed by atoms with van der Waals surface area (Å²) in [5, 5.41) is 4.47. The summed E-state index contributed by atoms with van der Waals surface area (Å²) >= 11 is 6.03. The van der Waals surface area contributed by atoms with Crippen LogP contribution in [0, 0.1) is 11.8 Å². The number of benzene rings is 1. The molecule has 1 saturated carbocycles. The van der Waals surface area contributed by atoms with E-state index in [4.69, 9.17) is 11.6 Å². The van der Waals surface area contributed by atoms with Crippen molar-refractivity contribution in [3.05, 3.63) is 34.9 Å². The Morgan fingerprint density at radius 1 is 1.15 bits per heavy atom. The highest BCUT2D eigenvalue weighted by molar-refractivity contribution is 6.30. The van der Waals surface area contributed by atoms with Crippen molar-refractivity contribution in [2.45, 2.75) is 51.9 Å². The predicted molar refractivity (Wildman–Crippen MR) is 88.5 cm³/mol. The molecule has 0 aliphatic heterocycles. The first kappa shape index (κ1) is 15.9. The lowest BCUT2D eigenvalue weighted by molar-refractivity contribution is 0.226. The van der Waals surface area contributed by atoms with Gasteiger partial charge in [-0.1, -0.05) is 50.4 Å². The third kappa shape index (κ3) is 4.23. The second-order valence-electron chi connectivity index (χ2n) is 6.21. The summed E-state index contributed by atoms with van der Waals surface area (Å²) in [4.78, 5) is 0. The SMILES string of the molecule is CCCNCC1CCC(CC)CC1c1ccc(Cl)cc1. The Morgan fingerprint density at radius 3 is 2.55 bits per heavy atom. The molecule has 3 unspecified atom stereocenters. The van der Waals surface area contributed by atoms with Gasteiger partial charge in [0.1, 0.15) is 0 Å². The van der Waals surface area contributed by atoms with E-state index in [1.165, 1.54) is 37.7 Å². The van der Waals surface area contributed by atoms with Crippen molar-refractivity contribution in [3.63, 3.8) is 0 Å². The van der Waals surface area contributed by atoms with Crippen LogP contribution in [0.25, 0.3) is 0 Å². The van der Waals surface area contributed by atoms with Crippen LogP contribution >= 0.6 is 11.6 Å². The van der Waals surface area contributed by atoms with Gasteiger partial charge < -0.3 is 5.32 Å². The fraction of sp³-hybridized carbons (Fsp3) is 0.667. The maximum atomic E-state index is 6.03. The van der Waals surface area contributed by atoms with Gasteiger partial charge in [0.05, 0.1) is 0 Å². The zero-order chi connectivity index (χ0) is 14.4. The van der Waals surface area contributed by atoms with Gasteiger partial charge in [-0.25, -0.2) is 0 Å². The highest BCUT2D eigenvalue weighted by Gasteiger charge is 2.30. The molecule has 0 aromatic heterocycles. The zero-order valence-electron chi connectivity index (χ0n) is 12.9. The van der Waals surface area contributed by atoms with E-state index in [1.807, 2.05) is 12.1 Å². The summed E-state index contributed by atoms with van der Waals surface area (Å²) in [6.45, 7) is 6.87. The molecule has 2 rings (SSSR count). The fourth-order valence-electron chi connectivity index (χ4n) is 3.52. The maximum Gasteiger partial charge on any atom is 0.0406 e. The molecular formula is C18H28ClN. The quantitative estimate of drug-likeness (QED) is 0.706. The normalized spacial score (nSPS) is 26.6. The van der Waals surface area contributed by atoms with Gasteiger partial charge in [-0.3, -0.25) is 0 Å². The van der Waals surface area contributed by atoms with E-state index < -0.39 is 0 Å². The average molecular weight is 294 g/mol. The van der Waals surface area contributed by atoms with E-state index in [1.54, 1.807) is 0 Å². The summed E-state index contributed by atoms with van der Waals surface area (Å²) in [5.41, 5.74) is 1.48. The molecule has 1 fully saturated rings. The molecule has 1 nitrogen and oxygen atoms in total. The number of hydrogen-bond donors (Lipinski definition) is 1. The monoisotopic (exact) mass is 293 g/mol. The van der Waals surface area contributed by atoms with E-state index in [0.717, 1.165) is 29.9 Å². The molecule has 1 aliphatic rings. The van der Waals surface area contributed by atoms with E-state index in [2.05, 4.69) is 31.3 Å². The Balaban J connectivity index is 2.06. The summed E-state index contributed by atoms with van der Waals surface area (Å²) in [5.74, 6) is 2.39. The first-order valence-electron chi connectivity index (χ1n) is 8.20. The summed E-state index contributed by atoms with van der Waals surface area (Å²) in [6, 6.07) is 8.56. The van der Waals surface area contributed by atoms with Gasteiger partial charge in [-0.2, -0.15) is 0 Å². The van der Waals surface area contributed by atoms with Crippen LogP contribution in [0.1, 0.15) is 57.4 Å². The zero-order valence-corrected chi connectivity index (χ0v) is 13.6. The molecule has 1 aromatic carbocycles. The van der Waals surface area contributed by atoms with Gasteiger partial charge in [0, 0.05) is 5.02 Å². The minimum Gasteiger partial charge on any atom is -0.316 e. The molecule has 0 amide bonds. The van der Waals surface area contributed by atoms with Gasteiger partial charge in [0.2, 0.25) is 0 Å². The number of nitrogens with one attached hydrogen (secondary N) is 1. The van der Waals surface area contributed by atoms with Crippen LogP contribution in [0.4, 0.5) is 0 Å².